The van der Waals surface area contributed by atoms with Crippen molar-refractivity contribution >= 4 is 21.8 Å². The summed E-state index contributed by atoms with van der Waals surface area (Å²) in [5.41, 5.74) is 1.44. The average molecular weight is 406 g/mol. The Balaban J connectivity index is 1.33. The van der Waals surface area contributed by atoms with Crippen molar-refractivity contribution in [3.05, 3.63) is 34.3 Å². The van der Waals surface area contributed by atoms with Crippen molar-refractivity contribution in [1.29, 1.82) is 0 Å². The van der Waals surface area contributed by atoms with Gasteiger partial charge in [0.2, 0.25) is 0 Å². The number of rotatable bonds is 6. The largest absolute Gasteiger partial charge is 0.346 e. The standard InChI is InChI=1S/C21H29BrN2O/c1-2-19(17-3-5-18(22)6-4-17)23-13-20(25)24-21-10-14-7-15(11-21)9-16(8-14)12-21/h3-6,14-16,19,23H,2,7-13H2,1H3,(H,24,25)/p+1/t14?,15?,16?,19-,21?/m0/s1. The fourth-order valence-corrected chi connectivity index (χ4v) is 6.37. The van der Waals surface area contributed by atoms with Gasteiger partial charge >= 0.3 is 0 Å². The molecule has 1 aromatic rings. The van der Waals surface area contributed by atoms with Gasteiger partial charge in [0.1, 0.15) is 6.04 Å². The van der Waals surface area contributed by atoms with Crippen LogP contribution in [0.15, 0.2) is 28.7 Å². The van der Waals surface area contributed by atoms with Gasteiger partial charge in [0, 0.05) is 22.0 Å². The lowest BCUT2D eigenvalue weighted by atomic mass is 9.53. The zero-order valence-electron chi connectivity index (χ0n) is 15.1. The summed E-state index contributed by atoms with van der Waals surface area (Å²) in [6.45, 7) is 2.73. The summed E-state index contributed by atoms with van der Waals surface area (Å²) < 4.78 is 1.10. The molecule has 136 valence electrons. The second-order valence-electron chi connectivity index (χ2n) is 8.75. The Morgan fingerprint density at radius 2 is 1.72 bits per heavy atom. The highest BCUT2D eigenvalue weighted by Crippen LogP contribution is 2.55. The normalized spacial score (nSPS) is 34.1. The van der Waals surface area contributed by atoms with Crippen LogP contribution in [0.25, 0.3) is 0 Å². The first-order valence-electron chi connectivity index (χ1n) is 9.95. The summed E-state index contributed by atoms with van der Waals surface area (Å²) in [5.74, 6) is 2.86. The summed E-state index contributed by atoms with van der Waals surface area (Å²) in [4.78, 5) is 12.7. The summed E-state index contributed by atoms with van der Waals surface area (Å²) in [7, 11) is 0. The van der Waals surface area contributed by atoms with Gasteiger partial charge in [-0.1, -0.05) is 35.0 Å². The van der Waals surface area contributed by atoms with Gasteiger partial charge in [-0.2, -0.15) is 0 Å². The third-order valence-electron chi connectivity index (χ3n) is 6.77. The van der Waals surface area contributed by atoms with Crippen LogP contribution in [0, 0.1) is 17.8 Å². The van der Waals surface area contributed by atoms with Crippen LogP contribution in [-0.2, 0) is 4.79 Å². The van der Waals surface area contributed by atoms with Gasteiger partial charge in [0.05, 0.1) is 0 Å². The molecule has 1 amide bonds. The number of hydrogen-bond acceptors (Lipinski definition) is 1. The Labute approximate surface area is 159 Å². The number of amides is 1. The van der Waals surface area contributed by atoms with Crippen LogP contribution in [0.1, 0.15) is 63.5 Å². The van der Waals surface area contributed by atoms with Gasteiger partial charge in [-0.15, -0.1) is 0 Å². The molecule has 0 spiro atoms. The number of carbonyl (C=O) groups is 1. The second kappa shape index (κ2) is 7.03. The van der Waals surface area contributed by atoms with Crippen molar-refractivity contribution in [2.24, 2.45) is 17.8 Å². The summed E-state index contributed by atoms with van der Waals surface area (Å²) in [5, 5.41) is 5.69. The Morgan fingerprint density at radius 3 is 2.24 bits per heavy atom. The molecular formula is C21H30BrN2O+. The molecular weight excluding hydrogens is 376 g/mol. The van der Waals surface area contributed by atoms with Gasteiger partial charge in [0.15, 0.2) is 6.54 Å². The minimum absolute atomic E-state index is 0.138. The molecule has 0 radical (unpaired) electrons. The first-order valence-corrected chi connectivity index (χ1v) is 10.7. The summed E-state index contributed by atoms with van der Waals surface area (Å²) >= 11 is 3.49. The lowest BCUT2D eigenvalue weighted by Crippen LogP contribution is -2.88. The van der Waals surface area contributed by atoms with E-state index in [1.54, 1.807) is 0 Å². The molecule has 1 aromatic carbocycles. The molecule has 4 heteroatoms. The quantitative estimate of drug-likeness (QED) is 0.746. The number of nitrogens with two attached hydrogens (primary N) is 1. The minimum Gasteiger partial charge on any atom is -0.346 e. The van der Waals surface area contributed by atoms with E-state index in [0.29, 0.717) is 12.6 Å². The van der Waals surface area contributed by atoms with Crippen molar-refractivity contribution in [1.82, 2.24) is 5.32 Å². The number of nitrogens with one attached hydrogen (secondary N) is 1. The second-order valence-corrected chi connectivity index (χ2v) is 9.67. The van der Waals surface area contributed by atoms with Gasteiger partial charge in [-0.3, -0.25) is 4.79 Å². The van der Waals surface area contributed by atoms with E-state index in [-0.39, 0.29) is 11.4 Å². The highest BCUT2D eigenvalue weighted by atomic mass is 79.9. The van der Waals surface area contributed by atoms with Crippen LogP contribution in [0.4, 0.5) is 0 Å². The molecule has 5 rings (SSSR count). The van der Waals surface area contributed by atoms with Crippen molar-refractivity contribution < 1.29 is 10.1 Å². The zero-order chi connectivity index (χ0) is 17.4. The maximum Gasteiger partial charge on any atom is 0.275 e. The van der Waals surface area contributed by atoms with Crippen molar-refractivity contribution in [2.45, 2.75) is 63.5 Å². The molecule has 3 nitrogen and oxygen atoms in total. The topological polar surface area (TPSA) is 45.7 Å². The highest BCUT2D eigenvalue weighted by Gasteiger charge is 2.51. The van der Waals surface area contributed by atoms with Crippen LogP contribution in [0.5, 0.6) is 0 Å². The maximum absolute atomic E-state index is 12.7. The van der Waals surface area contributed by atoms with E-state index in [0.717, 1.165) is 28.6 Å². The SMILES string of the molecule is CC[C@H]([NH2+]CC(=O)NC12CC3CC(CC(C3)C1)C2)c1ccc(Br)cc1. The lowest BCUT2D eigenvalue weighted by molar-refractivity contribution is -0.686. The first-order chi connectivity index (χ1) is 12.0. The van der Waals surface area contributed by atoms with E-state index in [1.807, 2.05) is 0 Å². The van der Waals surface area contributed by atoms with E-state index in [2.05, 4.69) is 57.8 Å². The third-order valence-corrected chi connectivity index (χ3v) is 7.30. The van der Waals surface area contributed by atoms with Crippen LogP contribution in [0.2, 0.25) is 0 Å². The summed E-state index contributed by atoms with van der Waals surface area (Å²) in [6, 6.07) is 8.84. The Morgan fingerprint density at radius 1 is 1.16 bits per heavy atom. The Hall–Kier alpha value is -0.870. The number of hydrogen-bond donors (Lipinski definition) is 2. The van der Waals surface area contributed by atoms with E-state index in [4.69, 9.17) is 0 Å². The predicted molar refractivity (Wildman–Crippen MR) is 103 cm³/mol. The zero-order valence-corrected chi connectivity index (χ0v) is 16.7. The molecule has 0 saturated heterocycles. The van der Waals surface area contributed by atoms with Crippen LogP contribution in [-0.4, -0.2) is 18.0 Å². The molecule has 4 saturated carbocycles. The molecule has 25 heavy (non-hydrogen) atoms. The average Bonchev–Trinajstić information content (AvgIpc) is 2.55. The molecule has 0 aliphatic heterocycles. The number of quaternary nitrogens is 1. The van der Waals surface area contributed by atoms with Gasteiger partial charge in [-0.05, 0) is 68.4 Å². The smallest absolute Gasteiger partial charge is 0.275 e. The van der Waals surface area contributed by atoms with E-state index < -0.39 is 0 Å². The van der Waals surface area contributed by atoms with Crippen LogP contribution < -0.4 is 10.6 Å². The molecule has 4 aliphatic carbocycles. The number of benzene rings is 1. The van der Waals surface area contributed by atoms with E-state index in [9.17, 15) is 4.79 Å². The first kappa shape index (κ1) is 17.5. The molecule has 4 bridgehead atoms. The minimum atomic E-state index is 0.138. The molecule has 0 unspecified atom stereocenters. The Kier molecular flexibility index (Phi) is 4.93. The van der Waals surface area contributed by atoms with Crippen LogP contribution >= 0.6 is 15.9 Å². The number of halogens is 1. The predicted octanol–water partition coefficient (Wildman–Crippen LogP) is 3.55. The lowest BCUT2D eigenvalue weighted by Gasteiger charge is -2.56. The molecule has 4 fully saturated rings. The molecule has 4 aliphatic rings. The summed E-state index contributed by atoms with van der Waals surface area (Å²) in [6.07, 6.45) is 8.98. The van der Waals surface area contributed by atoms with Crippen molar-refractivity contribution in [3.8, 4) is 0 Å². The maximum atomic E-state index is 12.7. The van der Waals surface area contributed by atoms with Gasteiger partial charge in [-0.25, -0.2) is 0 Å². The van der Waals surface area contributed by atoms with E-state index >= 15 is 0 Å². The van der Waals surface area contributed by atoms with Crippen LogP contribution in [0.3, 0.4) is 0 Å². The number of carbonyl (C=O) groups excluding carboxylic acids is 1. The van der Waals surface area contributed by atoms with Crippen molar-refractivity contribution in [2.75, 3.05) is 6.54 Å². The molecule has 0 aromatic heterocycles. The van der Waals surface area contributed by atoms with Gasteiger partial charge < -0.3 is 10.6 Å². The third kappa shape index (κ3) is 3.80. The fourth-order valence-electron chi connectivity index (χ4n) is 6.11. The fraction of sp³-hybridized carbons (Fsp3) is 0.667. The molecule has 1 atom stereocenters. The molecule has 3 N–H and O–H groups in total. The monoisotopic (exact) mass is 405 g/mol. The van der Waals surface area contributed by atoms with E-state index in [1.165, 1.54) is 44.1 Å². The van der Waals surface area contributed by atoms with Gasteiger partial charge in [0.25, 0.3) is 5.91 Å². The van der Waals surface area contributed by atoms with Crippen molar-refractivity contribution in [3.63, 3.8) is 0 Å². The Bertz CT molecular complexity index is 592. The highest BCUT2D eigenvalue weighted by molar-refractivity contribution is 9.10. The molecule has 0 heterocycles.